The SMILES string of the molecule is CCOc1ccccc1C(Br)Cc1ccncc1. The van der Waals surface area contributed by atoms with Crippen LogP contribution in [0.15, 0.2) is 48.8 Å². The fourth-order valence-electron chi connectivity index (χ4n) is 1.86. The van der Waals surface area contributed by atoms with Gasteiger partial charge in [-0.1, -0.05) is 34.1 Å². The van der Waals surface area contributed by atoms with Gasteiger partial charge in [0.25, 0.3) is 0 Å². The maximum absolute atomic E-state index is 5.65. The van der Waals surface area contributed by atoms with E-state index in [-0.39, 0.29) is 4.83 Å². The van der Waals surface area contributed by atoms with Crippen molar-refractivity contribution in [3.8, 4) is 5.75 Å². The van der Waals surface area contributed by atoms with Gasteiger partial charge in [0.15, 0.2) is 0 Å². The zero-order chi connectivity index (χ0) is 12.8. The smallest absolute Gasteiger partial charge is 0.123 e. The molecule has 0 fully saturated rings. The summed E-state index contributed by atoms with van der Waals surface area (Å²) < 4.78 is 5.65. The van der Waals surface area contributed by atoms with Gasteiger partial charge in [0, 0.05) is 22.8 Å². The molecule has 2 rings (SSSR count). The maximum Gasteiger partial charge on any atom is 0.123 e. The first-order valence-corrected chi connectivity index (χ1v) is 6.97. The molecular weight excluding hydrogens is 290 g/mol. The summed E-state index contributed by atoms with van der Waals surface area (Å²) in [6.07, 6.45) is 4.57. The minimum atomic E-state index is 0.252. The lowest BCUT2D eigenvalue weighted by molar-refractivity contribution is 0.336. The Balaban J connectivity index is 2.16. The third kappa shape index (κ3) is 3.33. The van der Waals surface area contributed by atoms with Crippen LogP contribution >= 0.6 is 15.9 Å². The molecule has 0 radical (unpaired) electrons. The van der Waals surface area contributed by atoms with E-state index in [1.54, 1.807) is 0 Å². The Kier molecular flexibility index (Phi) is 4.76. The quantitative estimate of drug-likeness (QED) is 0.774. The number of pyridine rings is 1. The summed E-state index contributed by atoms with van der Waals surface area (Å²) in [6.45, 7) is 2.69. The summed E-state index contributed by atoms with van der Waals surface area (Å²) in [5, 5.41) is 0. The van der Waals surface area contributed by atoms with Crippen molar-refractivity contribution in [3.05, 3.63) is 59.9 Å². The van der Waals surface area contributed by atoms with Crippen molar-refractivity contribution in [1.29, 1.82) is 0 Å². The second-order valence-corrected chi connectivity index (χ2v) is 5.10. The van der Waals surface area contributed by atoms with Crippen LogP contribution in [0.2, 0.25) is 0 Å². The summed E-state index contributed by atoms with van der Waals surface area (Å²) in [5.74, 6) is 0.955. The van der Waals surface area contributed by atoms with Gasteiger partial charge in [-0.25, -0.2) is 0 Å². The average Bonchev–Trinajstić information content (AvgIpc) is 2.41. The molecule has 0 N–H and O–H groups in total. The lowest BCUT2D eigenvalue weighted by Gasteiger charge is -2.15. The molecular formula is C15H16BrNO. The number of halogens is 1. The highest BCUT2D eigenvalue weighted by molar-refractivity contribution is 9.09. The average molecular weight is 306 g/mol. The fourth-order valence-corrected chi connectivity index (χ4v) is 2.61. The van der Waals surface area contributed by atoms with Gasteiger partial charge in [-0.3, -0.25) is 4.98 Å². The highest BCUT2D eigenvalue weighted by Gasteiger charge is 2.13. The molecule has 1 aromatic heterocycles. The van der Waals surface area contributed by atoms with Gasteiger partial charge < -0.3 is 4.74 Å². The van der Waals surface area contributed by atoms with Crippen molar-refractivity contribution in [3.63, 3.8) is 0 Å². The molecule has 2 aromatic rings. The molecule has 0 aliphatic heterocycles. The Morgan fingerprint density at radius 2 is 1.89 bits per heavy atom. The minimum absolute atomic E-state index is 0.252. The van der Waals surface area contributed by atoms with Crippen molar-refractivity contribution >= 4 is 15.9 Å². The number of aromatic nitrogens is 1. The fraction of sp³-hybridized carbons (Fsp3) is 0.267. The number of hydrogen-bond acceptors (Lipinski definition) is 2. The number of para-hydroxylation sites is 1. The molecule has 1 atom stereocenters. The van der Waals surface area contributed by atoms with E-state index < -0.39 is 0 Å². The molecule has 18 heavy (non-hydrogen) atoms. The zero-order valence-corrected chi connectivity index (χ0v) is 11.9. The third-order valence-electron chi connectivity index (χ3n) is 2.72. The second kappa shape index (κ2) is 6.55. The molecule has 94 valence electrons. The van der Waals surface area contributed by atoms with Gasteiger partial charge in [0.05, 0.1) is 6.61 Å². The van der Waals surface area contributed by atoms with Crippen LogP contribution in [0.1, 0.15) is 22.9 Å². The van der Waals surface area contributed by atoms with Crippen LogP contribution < -0.4 is 4.74 Å². The number of rotatable bonds is 5. The molecule has 0 saturated heterocycles. The molecule has 1 heterocycles. The van der Waals surface area contributed by atoms with Crippen LogP contribution in [0.5, 0.6) is 5.75 Å². The predicted molar refractivity (Wildman–Crippen MR) is 77.2 cm³/mol. The van der Waals surface area contributed by atoms with E-state index in [2.05, 4.69) is 27.0 Å². The molecule has 1 unspecified atom stereocenters. The Morgan fingerprint density at radius 3 is 2.61 bits per heavy atom. The van der Waals surface area contributed by atoms with Crippen molar-refractivity contribution in [2.45, 2.75) is 18.2 Å². The van der Waals surface area contributed by atoms with Crippen LogP contribution in [-0.2, 0) is 6.42 Å². The van der Waals surface area contributed by atoms with Crippen molar-refractivity contribution < 1.29 is 4.74 Å². The summed E-state index contributed by atoms with van der Waals surface area (Å²) >= 11 is 3.74. The zero-order valence-electron chi connectivity index (χ0n) is 10.3. The molecule has 0 saturated carbocycles. The number of nitrogens with zero attached hydrogens (tertiary/aromatic N) is 1. The van der Waals surface area contributed by atoms with Crippen LogP contribution in [0.4, 0.5) is 0 Å². The Morgan fingerprint density at radius 1 is 1.17 bits per heavy atom. The van der Waals surface area contributed by atoms with E-state index in [1.165, 1.54) is 11.1 Å². The van der Waals surface area contributed by atoms with Crippen LogP contribution in [0.3, 0.4) is 0 Å². The Bertz CT molecular complexity index is 487. The maximum atomic E-state index is 5.65. The van der Waals surface area contributed by atoms with E-state index in [0.29, 0.717) is 6.61 Å². The van der Waals surface area contributed by atoms with Gasteiger partial charge in [0.2, 0.25) is 0 Å². The number of alkyl halides is 1. The first-order chi connectivity index (χ1) is 8.81. The van der Waals surface area contributed by atoms with Gasteiger partial charge in [-0.05, 0) is 37.1 Å². The van der Waals surface area contributed by atoms with Crippen molar-refractivity contribution in [2.75, 3.05) is 6.61 Å². The molecule has 2 nitrogen and oxygen atoms in total. The molecule has 0 amide bonds. The lowest BCUT2D eigenvalue weighted by Crippen LogP contribution is -2.01. The monoisotopic (exact) mass is 305 g/mol. The van der Waals surface area contributed by atoms with E-state index >= 15 is 0 Å². The number of benzene rings is 1. The normalized spacial score (nSPS) is 12.1. The van der Waals surface area contributed by atoms with E-state index in [9.17, 15) is 0 Å². The Labute approximate surface area is 116 Å². The van der Waals surface area contributed by atoms with Crippen molar-refractivity contribution in [2.24, 2.45) is 0 Å². The van der Waals surface area contributed by atoms with Gasteiger partial charge in [-0.2, -0.15) is 0 Å². The standard InChI is InChI=1S/C15H16BrNO/c1-2-18-15-6-4-3-5-13(15)14(16)11-12-7-9-17-10-8-12/h3-10,14H,2,11H2,1H3. The van der Waals surface area contributed by atoms with E-state index in [0.717, 1.165) is 12.2 Å². The van der Waals surface area contributed by atoms with Crippen LogP contribution in [0.25, 0.3) is 0 Å². The second-order valence-electron chi connectivity index (χ2n) is 4.00. The summed E-state index contributed by atoms with van der Waals surface area (Å²) in [6, 6.07) is 12.2. The number of ether oxygens (including phenoxy) is 1. The van der Waals surface area contributed by atoms with Crippen molar-refractivity contribution in [1.82, 2.24) is 4.98 Å². The minimum Gasteiger partial charge on any atom is -0.494 e. The molecule has 0 aliphatic rings. The predicted octanol–water partition coefficient (Wildman–Crippen LogP) is 4.16. The summed E-state index contributed by atoms with van der Waals surface area (Å²) in [4.78, 5) is 4.28. The topological polar surface area (TPSA) is 22.1 Å². The van der Waals surface area contributed by atoms with Gasteiger partial charge in [0.1, 0.15) is 5.75 Å². The first kappa shape index (κ1) is 13.1. The highest BCUT2D eigenvalue weighted by Crippen LogP contribution is 2.33. The molecule has 0 bridgehead atoms. The largest absolute Gasteiger partial charge is 0.494 e. The third-order valence-corrected chi connectivity index (χ3v) is 3.54. The van der Waals surface area contributed by atoms with Gasteiger partial charge >= 0.3 is 0 Å². The molecule has 1 aromatic carbocycles. The van der Waals surface area contributed by atoms with Crippen LogP contribution in [-0.4, -0.2) is 11.6 Å². The van der Waals surface area contributed by atoms with E-state index in [4.69, 9.17) is 4.74 Å². The van der Waals surface area contributed by atoms with E-state index in [1.807, 2.05) is 49.6 Å². The number of hydrogen-bond donors (Lipinski definition) is 0. The molecule has 0 aliphatic carbocycles. The Hall–Kier alpha value is -1.35. The highest BCUT2D eigenvalue weighted by atomic mass is 79.9. The van der Waals surface area contributed by atoms with Gasteiger partial charge in [-0.15, -0.1) is 0 Å². The summed E-state index contributed by atoms with van der Waals surface area (Å²) in [7, 11) is 0. The van der Waals surface area contributed by atoms with Crippen LogP contribution in [0, 0.1) is 0 Å². The first-order valence-electron chi connectivity index (χ1n) is 6.06. The summed E-state index contributed by atoms with van der Waals surface area (Å²) in [5.41, 5.74) is 2.45. The lowest BCUT2D eigenvalue weighted by atomic mass is 10.0. The molecule has 3 heteroatoms. The molecule has 0 spiro atoms.